The Kier molecular flexibility index (Phi) is 6.00. The maximum atomic E-state index is 12.1. The van der Waals surface area contributed by atoms with Crippen LogP contribution in [0.3, 0.4) is 0 Å². The van der Waals surface area contributed by atoms with Crippen LogP contribution in [-0.2, 0) is 4.79 Å². The fraction of sp³-hybridized carbons (Fsp3) is 0.261. The van der Waals surface area contributed by atoms with E-state index in [-0.39, 0.29) is 5.91 Å². The molecule has 1 saturated heterocycles. The molecule has 6 heteroatoms. The summed E-state index contributed by atoms with van der Waals surface area (Å²) in [6.07, 6.45) is 5.78. The number of aromatic nitrogens is 2. The lowest BCUT2D eigenvalue weighted by Gasteiger charge is -2.30. The monoisotopic (exact) mass is 404 g/mol. The van der Waals surface area contributed by atoms with Gasteiger partial charge in [0.05, 0.1) is 5.69 Å². The third-order valence-corrected chi connectivity index (χ3v) is 5.99. The number of hydrogen-bond acceptors (Lipinski definition) is 5. The SMILES string of the molecule is CC1CCN(c2ccc(-c3ccc(NC(=O)/C=C/c4cccs4)cc3)nn2)CC1. The van der Waals surface area contributed by atoms with Crippen molar-refractivity contribution in [3.8, 4) is 11.3 Å². The van der Waals surface area contributed by atoms with Gasteiger partial charge >= 0.3 is 0 Å². The Morgan fingerprint density at radius 1 is 1.10 bits per heavy atom. The summed E-state index contributed by atoms with van der Waals surface area (Å²) >= 11 is 1.60. The lowest BCUT2D eigenvalue weighted by molar-refractivity contribution is -0.111. The average molecular weight is 405 g/mol. The molecule has 1 aromatic carbocycles. The molecule has 1 fully saturated rings. The van der Waals surface area contributed by atoms with Crippen LogP contribution >= 0.6 is 11.3 Å². The highest BCUT2D eigenvalue weighted by Gasteiger charge is 2.17. The standard InChI is InChI=1S/C23H24N4OS/c1-17-12-14-27(15-13-17)22-10-9-21(25-26-22)18-4-6-19(7-5-18)24-23(28)11-8-20-3-2-16-29-20/h2-11,16-17H,12-15H2,1H3,(H,24,28)/b11-8+. The molecule has 0 spiro atoms. The highest BCUT2D eigenvalue weighted by molar-refractivity contribution is 7.10. The highest BCUT2D eigenvalue weighted by Crippen LogP contribution is 2.24. The van der Waals surface area contributed by atoms with E-state index >= 15 is 0 Å². The van der Waals surface area contributed by atoms with E-state index in [9.17, 15) is 4.79 Å². The van der Waals surface area contributed by atoms with Crippen molar-refractivity contribution in [3.63, 3.8) is 0 Å². The highest BCUT2D eigenvalue weighted by atomic mass is 32.1. The second-order valence-corrected chi connectivity index (χ2v) is 8.34. The average Bonchev–Trinajstić information content (AvgIpc) is 3.27. The van der Waals surface area contributed by atoms with Crippen molar-refractivity contribution in [2.24, 2.45) is 5.92 Å². The first-order valence-electron chi connectivity index (χ1n) is 9.89. The first kappa shape index (κ1) is 19.3. The van der Waals surface area contributed by atoms with Gasteiger partial charge in [-0.1, -0.05) is 25.1 Å². The first-order valence-corrected chi connectivity index (χ1v) is 10.8. The maximum absolute atomic E-state index is 12.1. The molecule has 0 saturated carbocycles. The van der Waals surface area contributed by atoms with Gasteiger partial charge in [-0.25, -0.2) is 0 Å². The van der Waals surface area contributed by atoms with Gasteiger partial charge < -0.3 is 10.2 Å². The number of nitrogens with zero attached hydrogens (tertiary/aromatic N) is 3. The third-order valence-electron chi connectivity index (χ3n) is 5.15. The second-order valence-electron chi connectivity index (χ2n) is 7.36. The number of rotatable bonds is 5. The van der Waals surface area contributed by atoms with Gasteiger partial charge in [0.1, 0.15) is 0 Å². The van der Waals surface area contributed by atoms with E-state index in [4.69, 9.17) is 0 Å². The fourth-order valence-corrected chi connectivity index (χ4v) is 3.96. The van der Waals surface area contributed by atoms with Crippen LogP contribution in [0.2, 0.25) is 0 Å². The summed E-state index contributed by atoms with van der Waals surface area (Å²) in [6.45, 7) is 4.40. The van der Waals surface area contributed by atoms with Crippen molar-refractivity contribution in [1.29, 1.82) is 0 Å². The van der Waals surface area contributed by atoms with Gasteiger partial charge in [0.15, 0.2) is 5.82 Å². The third kappa shape index (κ3) is 5.09. The Morgan fingerprint density at radius 2 is 1.90 bits per heavy atom. The van der Waals surface area contributed by atoms with Gasteiger partial charge in [-0.15, -0.1) is 21.5 Å². The molecule has 2 aromatic heterocycles. The van der Waals surface area contributed by atoms with Crippen LogP contribution in [0, 0.1) is 5.92 Å². The summed E-state index contributed by atoms with van der Waals surface area (Å²) < 4.78 is 0. The molecule has 1 N–H and O–H groups in total. The van der Waals surface area contributed by atoms with E-state index < -0.39 is 0 Å². The lowest BCUT2D eigenvalue weighted by atomic mass is 9.99. The summed E-state index contributed by atoms with van der Waals surface area (Å²) in [4.78, 5) is 15.4. The second kappa shape index (κ2) is 9.01. The minimum Gasteiger partial charge on any atom is -0.355 e. The Morgan fingerprint density at radius 3 is 2.55 bits per heavy atom. The molecule has 1 aliphatic heterocycles. The van der Waals surface area contributed by atoms with Crippen molar-refractivity contribution < 1.29 is 4.79 Å². The number of carbonyl (C=O) groups excluding carboxylic acids is 1. The molecule has 3 aromatic rings. The van der Waals surface area contributed by atoms with Crippen molar-refractivity contribution in [2.45, 2.75) is 19.8 Å². The normalized spacial score (nSPS) is 15.0. The molecule has 148 valence electrons. The predicted octanol–water partition coefficient (Wildman–Crippen LogP) is 5.09. The quantitative estimate of drug-likeness (QED) is 0.602. The molecule has 1 aliphatic rings. The van der Waals surface area contributed by atoms with Crippen LogP contribution in [0.1, 0.15) is 24.6 Å². The van der Waals surface area contributed by atoms with Crippen LogP contribution in [0.25, 0.3) is 17.3 Å². The summed E-state index contributed by atoms with van der Waals surface area (Å²) in [5, 5.41) is 13.7. The summed E-state index contributed by atoms with van der Waals surface area (Å²) in [7, 11) is 0. The van der Waals surface area contributed by atoms with Gasteiger partial charge in [-0.05, 0) is 60.5 Å². The first-order chi connectivity index (χ1) is 14.2. The minimum absolute atomic E-state index is 0.147. The molecule has 5 nitrogen and oxygen atoms in total. The fourth-order valence-electron chi connectivity index (χ4n) is 3.34. The molecule has 0 radical (unpaired) electrons. The van der Waals surface area contributed by atoms with Gasteiger partial charge in [-0.3, -0.25) is 4.79 Å². The zero-order chi connectivity index (χ0) is 20.1. The summed E-state index contributed by atoms with van der Waals surface area (Å²) in [5.41, 5.74) is 2.56. The number of carbonyl (C=O) groups is 1. The maximum Gasteiger partial charge on any atom is 0.248 e. The molecule has 0 unspecified atom stereocenters. The lowest BCUT2D eigenvalue weighted by Crippen LogP contribution is -2.33. The van der Waals surface area contributed by atoms with Crippen LogP contribution < -0.4 is 10.2 Å². The molecule has 4 rings (SSSR count). The summed E-state index contributed by atoms with van der Waals surface area (Å²) in [6, 6.07) is 15.7. The zero-order valence-corrected chi connectivity index (χ0v) is 17.2. The molecular weight excluding hydrogens is 380 g/mol. The zero-order valence-electron chi connectivity index (χ0n) is 16.4. The Hall–Kier alpha value is -2.99. The predicted molar refractivity (Wildman–Crippen MR) is 120 cm³/mol. The smallest absolute Gasteiger partial charge is 0.248 e. The van der Waals surface area contributed by atoms with E-state index in [1.54, 1.807) is 17.4 Å². The molecule has 29 heavy (non-hydrogen) atoms. The molecule has 1 amide bonds. The van der Waals surface area contributed by atoms with Gasteiger partial charge in [0, 0.05) is 35.3 Å². The largest absolute Gasteiger partial charge is 0.355 e. The number of amides is 1. The van der Waals surface area contributed by atoms with Crippen molar-refractivity contribution in [3.05, 3.63) is 64.9 Å². The number of thiophene rings is 1. The number of piperidine rings is 1. The summed E-state index contributed by atoms with van der Waals surface area (Å²) in [5.74, 6) is 1.59. The van der Waals surface area contributed by atoms with Crippen LogP contribution in [0.4, 0.5) is 11.5 Å². The molecule has 0 atom stereocenters. The van der Waals surface area contributed by atoms with E-state index in [0.29, 0.717) is 0 Å². The molecule has 0 aliphatic carbocycles. The topological polar surface area (TPSA) is 58.1 Å². The van der Waals surface area contributed by atoms with Gasteiger partial charge in [0.2, 0.25) is 5.91 Å². The molecule has 3 heterocycles. The van der Waals surface area contributed by atoms with Crippen molar-refractivity contribution in [1.82, 2.24) is 10.2 Å². The van der Waals surface area contributed by atoms with Crippen molar-refractivity contribution >= 4 is 34.8 Å². The van der Waals surface area contributed by atoms with Crippen LogP contribution in [0.5, 0.6) is 0 Å². The van der Waals surface area contributed by atoms with E-state index in [1.807, 2.05) is 60.0 Å². The van der Waals surface area contributed by atoms with Gasteiger partial charge in [-0.2, -0.15) is 0 Å². The number of nitrogens with one attached hydrogen (secondary N) is 1. The van der Waals surface area contributed by atoms with E-state index in [0.717, 1.165) is 46.6 Å². The van der Waals surface area contributed by atoms with Crippen LogP contribution in [0.15, 0.2) is 60.0 Å². The minimum atomic E-state index is -0.147. The van der Waals surface area contributed by atoms with Gasteiger partial charge in [0.25, 0.3) is 0 Å². The molecule has 0 bridgehead atoms. The van der Waals surface area contributed by atoms with E-state index in [1.165, 1.54) is 12.8 Å². The Labute approximate surface area is 175 Å². The van der Waals surface area contributed by atoms with E-state index in [2.05, 4.69) is 27.3 Å². The van der Waals surface area contributed by atoms with Crippen LogP contribution in [-0.4, -0.2) is 29.2 Å². The Bertz CT molecular complexity index is 957. The number of anilines is 2. The number of hydrogen-bond donors (Lipinski definition) is 1. The van der Waals surface area contributed by atoms with Crippen molar-refractivity contribution in [2.75, 3.05) is 23.3 Å². The number of benzene rings is 1. The Balaban J connectivity index is 1.36. The molecular formula is C23H24N4OS.